The molecule has 1 saturated carbocycles. The highest BCUT2D eigenvalue weighted by molar-refractivity contribution is 9.10. The Morgan fingerprint density at radius 2 is 2.15 bits per heavy atom. The number of benzene rings is 1. The summed E-state index contributed by atoms with van der Waals surface area (Å²) in [7, 11) is 0. The Kier molecular flexibility index (Phi) is 4.79. The van der Waals surface area contributed by atoms with Crippen LogP contribution in [0, 0.1) is 5.82 Å². The van der Waals surface area contributed by atoms with Crippen LogP contribution in [0.15, 0.2) is 27.7 Å². The summed E-state index contributed by atoms with van der Waals surface area (Å²) in [6.45, 7) is 0.963. The average Bonchev–Trinajstić information content (AvgIpc) is 2.64. The molecule has 2 heterocycles. The molecule has 26 heavy (non-hydrogen) atoms. The van der Waals surface area contributed by atoms with Gasteiger partial charge in [0.15, 0.2) is 5.82 Å². The van der Waals surface area contributed by atoms with E-state index in [1.165, 1.54) is 23.0 Å². The van der Waals surface area contributed by atoms with Gasteiger partial charge >= 0.3 is 0 Å². The van der Waals surface area contributed by atoms with Crippen LogP contribution < -0.4 is 5.56 Å². The molecule has 0 N–H and O–H groups in total. The fourth-order valence-electron chi connectivity index (χ4n) is 3.95. The summed E-state index contributed by atoms with van der Waals surface area (Å²) in [4.78, 5) is 31.4. The van der Waals surface area contributed by atoms with E-state index >= 15 is 0 Å². The Morgan fingerprint density at radius 3 is 3.00 bits per heavy atom. The molecule has 2 aromatic rings. The van der Waals surface area contributed by atoms with Gasteiger partial charge in [-0.2, -0.15) is 0 Å². The van der Waals surface area contributed by atoms with Crippen LogP contribution in [0.1, 0.15) is 25.7 Å². The van der Waals surface area contributed by atoms with Crippen LogP contribution in [-0.2, 0) is 16.1 Å². The normalized spacial score (nSPS) is 23.1. The molecule has 1 saturated heterocycles. The number of halogens is 2. The van der Waals surface area contributed by atoms with E-state index in [0.29, 0.717) is 17.6 Å². The van der Waals surface area contributed by atoms with E-state index in [2.05, 4.69) is 20.9 Å². The molecule has 6 nitrogen and oxygen atoms in total. The summed E-state index contributed by atoms with van der Waals surface area (Å²) in [5.74, 6) is -0.688. The Balaban J connectivity index is 1.61. The van der Waals surface area contributed by atoms with Crippen LogP contribution >= 0.6 is 15.9 Å². The number of carbonyl (C=O) groups is 1. The second-order valence-corrected chi connectivity index (χ2v) is 7.73. The maximum Gasteiger partial charge on any atom is 0.261 e. The molecular formula is C18H19BrFN3O3. The lowest BCUT2D eigenvalue weighted by Crippen LogP contribution is -2.55. The summed E-state index contributed by atoms with van der Waals surface area (Å²) in [6, 6.07) is 2.88. The fourth-order valence-corrected chi connectivity index (χ4v) is 4.38. The van der Waals surface area contributed by atoms with Gasteiger partial charge in [0, 0.05) is 11.0 Å². The maximum atomic E-state index is 14.0. The minimum atomic E-state index is -0.567. The number of carbonyl (C=O) groups excluding carboxylic acids is 1. The lowest BCUT2D eigenvalue weighted by Gasteiger charge is -2.43. The SMILES string of the molecule is O=C(Cn1cnc2c(F)cc(Br)cc2c1=O)N1CCOC2CCCCC21. The van der Waals surface area contributed by atoms with Crippen LogP contribution in [0.2, 0.25) is 0 Å². The highest BCUT2D eigenvalue weighted by Crippen LogP contribution is 2.28. The summed E-state index contributed by atoms with van der Waals surface area (Å²) in [5.41, 5.74) is -0.405. The van der Waals surface area contributed by atoms with Crippen molar-refractivity contribution in [3.8, 4) is 0 Å². The first-order valence-electron chi connectivity index (χ1n) is 8.80. The molecule has 0 bridgehead atoms. The van der Waals surface area contributed by atoms with E-state index < -0.39 is 11.4 Å². The number of amides is 1. The first-order chi connectivity index (χ1) is 12.5. The van der Waals surface area contributed by atoms with Crippen LogP contribution in [0.25, 0.3) is 10.9 Å². The molecule has 0 spiro atoms. The molecule has 2 fully saturated rings. The predicted molar refractivity (Wildman–Crippen MR) is 97.4 cm³/mol. The largest absolute Gasteiger partial charge is 0.374 e. The molecule has 4 rings (SSSR count). The number of morpholine rings is 1. The summed E-state index contributed by atoms with van der Waals surface area (Å²) >= 11 is 3.19. The van der Waals surface area contributed by atoms with Crippen molar-refractivity contribution in [1.29, 1.82) is 0 Å². The maximum absolute atomic E-state index is 14.0. The van der Waals surface area contributed by atoms with Gasteiger partial charge < -0.3 is 9.64 Å². The van der Waals surface area contributed by atoms with Crippen molar-refractivity contribution in [2.45, 2.75) is 44.4 Å². The molecule has 8 heteroatoms. The van der Waals surface area contributed by atoms with Crippen LogP contribution in [0.3, 0.4) is 0 Å². The second kappa shape index (κ2) is 7.08. The van der Waals surface area contributed by atoms with Crippen LogP contribution in [0.4, 0.5) is 4.39 Å². The van der Waals surface area contributed by atoms with E-state index in [1.54, 1.807) is 0 Å². The summed E-state index contributed by atoms with van der Waals surface area (Å²) < 4.78 is 21.5. The van der Waals surface area contributed by atoms with Gasteiger partial charge in [-0.25, -0.2) is 9.37 Å². The fraction of sp³-hybridized carbons (Fsp3) is 0.500. The molecule has 1 aromatic heterocycles. The number of hydrogen-bond acceptors (Lipinski definition) is 4. The van der Waals surface area contributed by atoms with Gasteiger partial charge in [-0.05, 0) is 25.0 Å². The highest BCUT2D eigenvalue weighted by Gasteiger charge is 2.36. The average molecular weight is 424 g/mol. The van der Waals surface area contributed by atoms with E-state index in [1.807, 2.05) is 4.90 Å². The first-order valence-corrected chi connectivity index (χ1v) is 9.59. The number of ether oxygens (including phenoxy) is 1. The Morgan fingerprint density at radius 1 is 1.35 bits per heavy atom. The zero-order chi connectivity index (χ0) is 18.3. The van der Waals surface area contributed by atoms with Crippen molar-refractivity contribution < 1.29 is 13.9 Å². The molecule has 2 aliphatic rings. The van der Waals surface area contributed by atoms with E-state index in [-0.39, 0.29) is 35.5 Å². The van der Waals surface area contributed by atoms with Gasteiger partial charge in [0.25, 0.3) is 5.56 Å². The zero-order valence-electron chi connectivity index (χ0n) is 14.2. The number of hydrogen-bond donors (Lipinski definition) is 0. The van der Waals surface area contributed by atoms with E-state index in [9.17, 15) is 14.0 Å². The molecule has 1 aromatic carbocycles. The third kappa shape index (κ3) is 3.16. The van der Waals surface area contributed by atoms with Gasteiger partial charge in [-0.1, -0.05) is 28.8 Å². The van der Waals surface area contributed by atoms with Gasteiger partial charge in [0.2, 0.25) is 5.91 Å². The highest BCUT2D eigenvalue weighted by atomic mass is 79.9. The third-order valence-corrected chi connectivity index (χ3v) is 5.66. The van der Waals surface area contributed by atoms with Crippen molar-refractivity contribution in [2.24, 2.45) is 0 Å². The van der Waals surface area contributed by atoms with Crippen LogP contribution in [0.5, 0.6) is 0 Å². The number of nitrogens with zero attached hydrogens (tertiary/aromatic N) is 3. The van der Waals surface area contributed by atoms with Crippen molar-refractivity contribution >= 4 is 32.7 Å². The topological polar surface area (TPSA) is 64.4 Å². The summed E-state index contributed by atoms with van der Waals surface area (Å²) in [6.07, 6.45) is 5.45. The molecule has 1 aliphatic heterocycles. The lowest BCUT2D eigenvalue weighted by molar-refractivity contribution is -0.150. The molecule has 2 unspecified atom stereocenters. The molecular weight excluding hydrogens is 405 g/mol. The van der Waals surface area contributed by atoms with Crippen molar-refractivity contribution in [1.82, 2.24) is 14.5 Å². The van der Waals surface area contributed by atoms with Gasteiger partial charge in [-0.3, -0.25) is 14.2 Å². The minimum Gasteiger partial charge on any atom is -0.374 e. The second-order valence-electron chi connectivity index (χ2n) is 6.81. The predicted octanol–water partition coefficient (Wildman–Crippen LogP) is 2.47. The summed E-state index contributed by atoms with van der Waals surface area (Å²) in [5, 5.41) is 0.157. The van der Waals surface area contributed by atoms with Crippen molar-refractivity contribution in [2.75, 3.05) is 13.2 Å². The standard InChI is InChI=1S/C18H19BrFN3O3/c19-11-7-12-17(13(20)8-11)21-10-22(18(12)25)9-16(24)23-5-6-26-15-4-2-1-3-14(15)23/h7-8,10,14-15H,1-6,9H2. The first kappa shape index (κ1) is 17.6. The van der Waals surface area contributed by atoms with Gasteiger partial charge in [0.1, 0.15) is 12.1 Å². The van der Waals surface area contributed by atoms with Crippen molar-refractivity contribution in [3.05, 3.63) is 39.1 Å². The van der Waals surface area contributed by atoms with Crippen LogP contribution in [-0.4, -0.2) is 45.7 Å². The Hall–Kier alpha value is -1.80. The zero-order valence-corrected chi connectivity index (χ0v) is 15.7. The monoisotopic (exact) mass is 423 g/mol. The molecule has 2 atom stereocenters. The number of fused-ring (bicyclic) bond motifs is 2. The quantitative estimate of drug-likeness (QED) is 0.743. The Labute approximate surface area is 158 Å². The van der Waals surface area contributed by atoms with Gasteiger partial charge in [0.05, 0.1) is 30.5 Å². The van der Waals surface area contributed by atoms with E-state index in [0.717, 1.165) is 25.7 Å². The van der Waals surface area contributed by atoms with E-state index in [4.69, 9.17) is 4.74 Å². The Bertz CT molecular complexity index is 914. The number of rotatable bonds is 2. The van der Waals surface area contributed by atoms with Gasteiger partial charge in [-0.15, -0.1) is 0 Å². The van der Waals surface area contributed by atoms with Crippen molar-refractivity contribution in [3.63, 3.8) is 0 Å². The molecule has 1 aliphatic carbocycles. The molecule has 1 amide bonds. The smallest absolute Gasteiger partial charge is 0.261 e. The molecule has 138 valence electrons. The third-order valence-electron chi connectivity index (χ3n) is 5.20. The minimum absolute atomic E-state index is 0.0145. The lowest BCUT2D eigenvalue weighted by atomic mass is 9.90. The number of aromatic nitrogens is 2. The molecule has 0 radical (unpaired) electrons.